The Morgan fingerprint density at radius 3 is 2.53 bits per heavy atom. The molecule has 1 aromatic heterocycles. The van der Waals surface area contributed by atoms with Crippen molar-refractivity contribution in [1.82, 2.24) is 9.97 Å². The van der Waals surface area contributed by atoms with Crippen molar-refractivity contribution in [3.8, 4) is 0 Å². The molecule has 0 fully saturated rings. The number of nitrogen functional groups attached to an aromatic ring is 1. The van der Waals surface area contributed by atoms with Crippen LogP contribution in [0.4, 0.5) is 17.3 Å². The highest BCUT2D eigenvalue weighted by atomic mass is 16.6. The summed E-state index contributed by atoms with van der Waals surface area (Å²) in [5.41, 5.74) is 1.90. The van der Waals surface area contributed by atoms with Gasteiger partial charge in [-0.05, 0) is 13.8 Å². The third kappa shape index (κ3) is 2.50. The summed E-state index contributed by atoms with van der Waals surface area (Å²) >= 11 is 0. The summed E-state index contributed by atoms with van der Waals surface area (Å²) < 4.78 is 0. The van der Waals surface area contributed by atoms with Crippen LogP contribution in [0.1, 0.15) is 13.8 Å². The molecule has 0 bridgehead atoms. The lowest BCUT2D eigenvalue weighted by atomic mass is 10.3. The molecule has 0 atom stereocenters. The first-order chi connectivity index (χ1) is 7.06. The highest BCUT2D eigenvalue weighted by molar-refractivity contribution is 5.68. The summed E-state index contributed by atoms with van der Waals surface area (Å²) in [7, 11) is 0. The molecule has 15 heavy (non-hydrogen) atoms. The molecule has 0 aromatic carbocycles. The quantitative estimate of drug-likeness (QED) is 0.377. The lowest BCUT2D eigenvalue weighted by Gasteiger charge is -2.10. The molecule has 0 saturated carbocycles. The van der Waals surface area contributed by atoms with E-state index in [4.69, 9.17) is 5.84 Å². The molecular weight excluding hydrogens is 200 g/mol. The Kier molecular flexibility index (Phi) is 3.34. The number of nitrogens with zero attached hydrogens (tertiary/aromatic N) is 3. The van der Waals surface area contributed by atoms with Crippen LogP contribution in [0.5, 0.6) is 0 Å². The van der Waals surface area contributed by atoms with Crippen LogP contribution < -0.4 is 16.6 Å². The van der Waals surface area contributed by atoms with Crippen molar-refractivity contribution in [3.05, 3.63) is 16.4 Å². The first kappa shape index (κ1) is 11.1. The molecule has 82 valence electrons. The number of aromatic nitrogens is 2. The number of hydrazine groups is 1. The third-order valence-electron chi connectivity index (χ3n) is 1.57. The van der Waals surface area contributed by atoms with Crippen LogP contribution in [0.3, 0.4) is 0 Å². The van der Waals surface area contributed by atoms with Crippen LogP contribution in [0.15, 0.2) is 6.33 Å². The van der Waals surface area contributed by atoms with Gasteiger partial charge in [0.15, 0.2) is 0 Å². The fourth-order valence-corrected chi connectivity index (χ4v) is 1.04. The first-order valence-electron chi connectivity index (χ1n) is 4.28. The lowest BCUT2D eigenvalue weighted by molar-refractivity contribution is -0.383. The Labute approximate surface area is 86.0 Å². The molecule has 8 nitrogen and oxygen atoms in total. The van der Waals surface area contributed by atoms with E-state index in [9.17, 15) is 10.1 Å². The first-order valence-corrected chi connectivity index (χ1v) is 4.28. The van der Waals surface area contributed by atoms with Crippen molar-refractivity contribution < 1.29 is 4.92 Å². The van der Waals surface area contributed by atoms with Crippen LogP contribution in [-0.2, 0) is 0 Å². The fraction of sp³-hybridized carbons (Fsp3) is 0.429. The summed E-state index contributed by atoms with van der Waals surface area (Å²) in [4.78, 5) is 17.6. The van der Waals surface area contributed by atoms with Gasteiger partial charge in [0.2, 0.25) is 11.6 Å². The van der Waals surface area contributed by atoms with Gasteiger partial charge in [-0.2, -0.15) is 0 Å². The molecule has 1 heterocycles. The van der Waals surface area contributed by atoms with Crippen LogP contribution in [-0.4, -0.2) is 20.9 Å². The van der Waals surface area contributed by atoms with Gasteiger partial charge in [-0.3, -0.25) is 10.1 Å². The predicted octanol–water partition coefficient (Wildman–Crippen LogP) is 0.491. The molecule has 0 aliphatic carbocycles. The topological polar surface area (TPSA) is 119 Å². The molecule has 0 radical (unpaired) electrons. The Bertz CT molecular complexity index is 366. The van der Waals surface area contributed by atoms with Crippen molar-refractivity contribution in [1.29, 1.82) is 0 Å². The van der Waals surface area contributed by atoms with Crippen molar-refractivity contribution in [3.63, 3.8) is 0 Å². The molecule has 0 aliphatic heterocycles. The summed E-state index contributed by atoms with van der Waals surface area (Å²) in [6, 6.07) is 0.0317. The van der Waals surface area contributed by atoms with Gasteiger partial charge in [-0.1, -0.05) is 0 Å². The standard InChI is InChI=1S/C7H12N6O2/c1-4(2)11-6-5(13(14)15)7(12-8)10-3-9-6/h3-4H,8H2,1-2H3,(H2,9,10,11,12). The fourth-order valence-electron chi connectivity index (χ4n) is 1.04. The molecule has 1 aromatic rings. The summed E-state index contributed by atoms with van der Waals surface area (Å²) in [5, 5.41) is 13.6. The summed E-state index contributed by atoms with van der Waals surface area (Å²) in [6.45, 7) is 3.70. The predicted molar refractivity (Wildman–Crippen MR) is 55.3 cm³/mol. The van der Waals surface area contributed by atoms with E-state index >= 15 is 0 Å². The number of hydrogen-bond donors (Lipinski definition) is 3. The Morgan fingerprint density at radius 2 is 2.07 bits per heavy atom. The minimum atomic E-state index is -0.583. The minimum Gasteiger partial charge on any atom is -0.362 e. The molecule has 0 saturated heterocycles. The van der Waals surface area contributed by atoms with Crippen LogP contribution in [0.25, 0.3) is 0 Å². The van der Waals surface area contributed by atoms with E-state index in [0.717, 1.165) is 0 Å². The second-order valence-electron chi connectivity index (χ2n) is 3.12. The number of rotatable bonds is 4. The van der Waals surface area contributed by atoms with Gasteiger partial charge in [0.05, 0.1) is 4.92 Å². The van der Waals surface area contributed by atoms with E-state index < -0.39 is 4.92 Å². The number of nitrogens with two attached hydrogens (primary N) is 1. The average molecular weight is 212 g/mol. The minimum absolute atomic E-state index is 0.0156. The molecule has 0 unspecified atom stereocenters. The van der Waals surface area contributed by atoms with E-state index in [1.807, 2.05) is 13.8 Å². The molecule has 0 spiro atoms. The Balaban J connectivity index is 3.19. The van der Waals surface area contributed by atoms with E-state index in [-0.39, 0.29) is 23.4 Å². The lowest BCUT2D eigenvalue weighted by Crippen LogP contribution is -2.16. The van der Waals surface area contributed by atoms with Gasteiger partial charge in [-0.25, -0.2) is 15.8 Å². The third-order valence-corrected chi connectivity index (χ3v) is 1.57. The average Bonchev–Trinajstić information content (AvgIpc) is 2.15. The Hall–Kier alpha value is -1.96. The number of nitrogens with one attached hydrogen (secondary N) is 2. The normalized spacial score (nSPS) is 10.1. The maximum Gasteiger partial charge on any atom is 0.354 e. The van der Waals surface area contributed by atoms with Crippen molar-refractivity contribution in [2.45, 2.75) is 19.9 Å². The summed E-state index contributed by atoms with van der Waals surface area (Å²) in [5.74, 6) is 5.25. The van der Waals surface area contributed by atoms with Gasteiger partial charge >= 0.3 is 5.69 Å². The van der Waals surface area contributed by atoms with Crippen LogP contribution in [0, 0.1) is 10.1 Å². The molecule has 0 aliphatic rings. The molecular formula is C7H12N6O2. The number of hydrogen-bond acceptors (Lipinski definition) is 7. The maximum atomic E-state index is 10.8. The number of nitro groups is 1. The second-order valence-corrected chi connectivity index (χ2v) is 3.12. The molecule has 8 heteroatoms. The van der Waals surface area contributed by atoms with Gasteiger partial charge in [0.25, 0.3) is 0 Å². The molecule has 0 amide bonds. The maximum absolute atomic E-state index is 10.8. The highest BCUT2D eigenvalue weighted by Crippen LogP contribution is 2.28. The monoisotopic (exact) mass is 212 g/mol. The van der Waals surface area contributed by atoms with E-state index in [2.05, 4.69) is 20.7 Å². The van der Waals surface area contributed by atoms with Crippen molar-refractivity contribution >= 4 is 17.3 Å². The van der Waals surface area contributed by atoms with E-state index in [1.54, 1.807) is 0 Å². The second kappa shape index (κ2) is 4.51. The van der Waals surface area contributed by atoms with Gasteiger partial charge in [-0.15, -0.1) is 0 Å². The summed E-state index contributed by atoms with van der Waals surface area (Å²) in [6.07, 6.45) is 1.20. The van der Waals surface area contributed by atoms with Gasteiger partial charge in [0.1, 0.15) is 6.33 Å². The van der Waals surface area contributed by atoms with E-state index in [1.165, 1.54) is 6.33 Å². The van der Waals surface area contributed by atoms with Crippen LogP contribution in [0.2, 0.25) is 0 Å². The highest BCUT2D eigenvalue weighted by Gasteiger charge is 2.22. The molecule has 1 rings (SSSR count). The zero-order valence-electron chi connectivity index (χ0n) is 8.39. The SMILES string of the molecule is CC(C)Nc1ncnc(NN)c1[N+](=O)[O-]. The zero-order valence-corrected chi connectivity index (χ0v) is 8.39. The smallest absolute Gasteiger partial charge is 0.354 e. The Morgan fingerprint density at radius 1 is 1.47 bits per heavy atom. The van der Waals surface area contributed by atoms with Crippen molar-refractivity contribution in [2.75, 3.05) is 10.7 Å². The van der Waals surface area contributed by atoms with Gasteiger partial charge in [0, 0.05) is 6.04 Å². The number of anilines is 2. The zero-order chi connectivity index (χ0) is 11.4. The van der Waals surface area contributed by atoms with Crippen LogP contribution >= 0.6 is 0 Å². The largest absolute Gasteiger partial charge is 0.362 e. The van der Waals surface area contributed by atoms with Crippen molar-refractivity contribution in [2.24, 2.45) is 5.84 Å². The molecule has 4 N–H and O–H groups in total. The van der Waals surface area contributed by atoms with Gasteiger partial charge < -0.3 is 10.7 Å². The van der Waals surface area contributed by atoms with E-state index in [0.29, 0.717) is 0 Å².